The van der Waals surface area contributed by atoms with Gasteiger partial charge >= 0.3 is 0 Å². The average Bonchev–Trinajstić information content (AvgIpc) is 3.10. The molecule has 22 heavy (non-hydrogen) atoms. The monoisotopic (exact) mass is 298 g/mol. The maximum atomic E-state index is 12.9. The Kier molecular flexibility index (Phi) is 3.18. The minimum absolute atomic E-state index is 0.0900. The molecule has 0 radical (unpaired) electrons. The lowest BCUT2D eigenvalue weighted by atomic mass is 9.78. The molecule has 0 aliphatic carbocycles. The van der Waals surface area contributed by atoms with Crippen LogP contribution in [-0.4, -0.2) is 46.8 Å². The van der Waals surface area contributed by atoms with E-state index in [1.807, 2.05) is 36.2 Å². The molecular formula is C17H22N4O. The topological polar surface area (TPSA) is 50.2 Å². The number of carbonyl (C=O) groups excluding carboxylic acids is 1. The first-order valence-electron chi connectivity index (χ1n) is 8.10. The third kappa shape index (κ3) is 2.11. The van der Waals surface area contributed by atoms with E-state index in [-0.39, 0.29) is 5.91 Å². The molecule has 0 saturated carbocycles. The molecule has 2 aromatic rings. The molecule has 116 valence electrons. The summed E-state index contributed by atoms with van der Waals surface area (Å²) in [4.78, 5) is 14.9. The van der Waals surface area contributed by atoms with Crippen molar-refractivity contribution in [1.29, 1.82) is 0 Å². The van der Waals surface area contributed by atoms with Crippen LogP contribution in [0.2, 0.25) is 0 Å². The van der Waals surface area contributed by atoms with Crippen LogP contribution in [0.15, 0.2) is 24.3 Å². The van der Waals surface area contributed by atoms with E-state index in [4.69, 9.17) is 0 Å². The summed E-state index contributed by atoms with van der Waals surface area (Å²) in [6.07, 6.45) is 3.49. The van der Waals surface area contributed by atoms with Crippen molar-refractivity contribution in [1.82, 2.24) is 20.0 Å². The number of nitrogens with zero attached hydrogens (tertiary/aromatic N) is 3. The number of carbonyl (C=O) groups is 1. The molecule has 5 nitrogen and oxygen atoms in total. The molecule has 0 bridgehead atoms. The Balaban J connectivity index is 1.62. The van der Waals surface area contributed by atoms with E-state index >= 15 is 0 Å². The van der Waals surface area contributed by atoms with E-state index in [1.54, 1.807) is 4.68 Å². The molecule has 5 heteroatoms. The van der Waals surface area contributed by atoms with Gasteiger partial charge in [-0.25, -0.2) is 0 Å². The largest absolute Gasteiger partial charge is 0.337 e. The van der Waals surface area contributed by atoms with E-state index in [1.165, 1.54) is 12.8 Å². The molecule has 2 fully saturated rings. The zero-order valence-corrected chi connectivity index (χ0v) is 13.0. The second kappa shape index (κ2) is 5.09. The van der Waals surface area contributed by atoms with Crippen molar-refractivity contribution in [3.05, 3.63) is 30.0 Å². The predicted molar refractivity (Wildman–Crippen MR) is 85.8 cm³/mol. The number of likely N-dealkylation sites (tertiary alicyclic amines) is 1. The highest BCUT2D eigenvalue weighted by Gasteiger charge is 2.41. The van der Waals surface area contributed by atoms with Gasteiger partial charge in [-0.15, -0.1) is 0 Å². The zero-order valence-electron chi connectivity index (χ0n) is 13.0. The van der Waals surface area contributed by atoms with Crippen molar-refractivity contribution in [2.24, 2.45) is 12.5 Å². The summed E-state index contributed by atoms with van der Waals surface area (Å²) in [5.74, 6) is 0.0900. The Morgan fingerprint density at radius 1 is 1.23 bits per heavy atom. The summed E-state index contributed by atoms with van der Waals surface area (Å²) in [7, 11) is 1.90. The molecule has 1 spiro atoms. The van der Waals surface area contributed by atoms with Gasteiger partial charge < -0.3 is 10.2 Å². The predicted octanol–water partition coefficient (Wildman–Crippen LogP) is 1.79. The van der Waals surface area contributed by atoms with Crippen molar-refractivity contribution < 1.29 is 4.79 Å². The van der Waals surface area contributed by atoms with Crippen LogP contribution >= 0.6 is 0 Å². The molecule has 2 aliphatic rings. The summed E-state index contributed by atoms with van der Waals surface area (Å²) in [5.41, 5.74) is 1.96. The van der Waals surface area contributed by atoms with Gasteiger partial charge in [-0.3, -0.25) is 9.48 Å². The van der Waals surface area contributed by atoms with Crippen LogP contribution < -0.4 is 5.32 Å². The van der Waals surface area contributed by atoms with Gasteiger partial charge in [0.05, 0.1) is 5.52 Å². The Labute approximate surface area is 130 Å². The fourth-order valence-electron chi connectivity index (χ4n) is 4.00. The summed E-state index contributed by atoms with van der Waals surface area (Å²) >= 11 is 0. The Morgan fingerprint density at radius 3 is 2.82 bits per heavy atom. The van der Waals surface area contributed by atoms with Crippen molar-refractivity contribution in [2.75, 3.05) is 26.2 Å². The third-order valence-corrected chi connectivity index (χ3v) is 5.35. The Bertz CT molecular complexity index is 715. The van der Waals surface area contributed by atoms with Gasteiger partial charge in [0.15, 0.2) is 5.69 Å². The highest BCUT2D eigenvalue weighted by atomic mass is 16.2. The van der Waals surface area contributed by atoms with Gasteiger partial charge in [0.2, 0.25) is 0 Å². The van der Waals surface area contributed by atoms with E-state index in [0.29, 0.717) is 11.1 Å². The number of hydrogen-bond donors (Lipinski definition) is 1. The quantitative estimate of drug-likeness (QED) is 0.873. The summed E-state index contributed by atoms with van der Waals surface area (Å²) in [5, 5.41) is 8.86. The normalized spacial score (nSPS) is 20.9. The Morgan fingerprint density at radius 2 is 2.00 bits per heavy atom. The highest BCUT2D eigenvalue weighted by Crippen LogP contribution is 2.39. The first-order chi connectivity index (χ1) is 10.7. The van der Waals surface area contributed by atoms with Gasteiger partial charge in [-0.1, -0.05) is 18.2 Å². The van der Waals surface area contributed by atoms with Gasteiger partial charge in [-0.05, 0) is 43.8 Å². The number of aromatic nitrogens is 2. The van der Waals surface area contributed by atoms with Gasteiger partial charge in [0.25, 0.3) is 5.91 Å². The van der Waals surface area contributed by atoms with E-state index in [9.17, 15) is 4.79 Å². The molecule has 0 unspecified atom stereocenters. The highest BCUT2D eigenvalue weighted by molar-refractivity contribution is 6.04. The van der Waals surface area contributed by atoms with Gasteiger partial charge in [-0.2, -0.15) is 5.10 Å². The second-order valence-corrected chi connectivity index (χ2v) is 6.72. The van der Waals surface area contributed by atoms with Crippen molar-refractivity contribution in [3.8, 4) is 0 Å². The number of nitrogens with one attached hydrogen (secondary N) is 1. The second-order valence-electron chi connectivity index (χ2n) is 6.72. The molecule has 0 atom stereocenters. The maximum absolute atomic E-state index is 12.9. The Hall–Kier alpha value is -1.88. The number of rotatable bonds is 1. The summed E-state index contributed by atoms with van der Waals surface area (Å²) in [6, 6.07) is 7.96. The molecule has 3 heterocycles. The number of piperidine rings is 1. The third-order valence-electron chi connectivity index (χ3n) is 5.35. The van der Waals surface area contributed by atoms with Crippen LogP contribution in [0.4, 0.5) is 0 Å². The summed E-state index contributed by atoms with van der Waals surface area (Å²) < 4.78 is 1.80. The number of amides is 1. The minimum atomic E-state index is 0.0900. The number of aryl methyl sites for hydroxylation is 1. The van der Waals surface area contributed by atoms with Crippen LogP contribution in [0.1, 0.15) is 29.8 Å². The maximum Gasteiger partial charge on any atom is 0.275 e. The van der Waals surface area contributed by atoms with Crippen LogP contribution in [0.3, 0.4) is 0 Å². The standard InChI is InChI=1S/C17H22N4O/c1-20-14-5-3-2-4-13(14)15(19-20)16(22)21-11-8-17(12-21)6-9-18-10-7-17/h2-5,18H,6-12H2,1H3. The lowest BCUT2D eigenvalue weighted by molar-refractivity contribution is 0.0757. The molecule has 1 aromatic carbocycles. The molecule has 1 N–H and O–H groups in total. The lowest BCUT2D eigenvalue weighted by Crippen LogP contribution is -2.39. The number of benzene rings is 1. The van der Waals surface area contributed by atoms with E-state index < -0.39 is 0 Å². The molecule has 4 rings (SSSR count). The van der Waals surface area contributed by atoms with Crippen LogP contribution in [0.5, 0.6) is 0 Å². The van der Waals surface area contributed by atoms with Crippen LogP contribution in [-0.2, 0) is 7.05 Å². The van der Waals surface area contributed by atoms with Gasteiger partial charge in [0, 0.05) is 25.5 Å². The molecule has 2 aliphatic heterocycles. The van der Waals surface area contributed by atoms with Crippen molar-refractivity contribution in [3.63, 3.8) is 0 Å². The first-order valence-corrected chi connectivity index (χ1v) is 8.10. The average molecular weight is 298 g/mol. The van der Waals surface area contributed by atoms with Crippen molar-refractivity contribution in [2.45, 2.75) is 19.3 Å². The lowest BCUT2D eigenvalue weighted by Gasteiger charge is -2.33. The number of fused-ring (bicyclic) bond motifs is 1. The summed E-state index contributed by atoms with van der Waals surface area (Å²) in [6.45, 7) is 3.91. The minimum Gasteiger partial charge on any atom is -0.337 e. The van der Waals surface area contributed by atoms with Crippen LogP contribution in [0.25, 0.3) is 10.9 Å². The van der Waals surface area contributed by atoms with Gasteiger partial charge in [0.1, 0.15) is 0 Å². The smallest absolute Gasteiger partial charge is 0.275 e. The van der Waals surface area contributed by atoms with E-state index in [0.717, 1.165) is 43.5 Å². The number of hydrogen-bond acceptors (Lipinski definition) is 3. The first kappa shape index (κ1) is 13.8. The zero-order chi connectivity index (χ0) is 15.2. The molecule has 1 amide bonds. The molecular weight excluding hydrogens is 276 g/mol. The molecule has 2 saturated heterocycles. The van der Waals surface area contributed by atoms with Crippen molar-refractivity contribution >= 4 is 16.8 Å². The fourth-order valence-corrected chi connectivity index (χ4v) is 4.00. The van der Waals surface area contributed by atoms with Crippen LogP contribution in [0, 0.1) is 5.41 Å². The number of para-hydroxylation sites is 1. The fraction of sp³-hybridized carbons (Fsp3) is 0.529. The SMILES string of the molecule is Cn1nc(C(=O)N2CCC3(CCNCC3)C2)c2ccccc21. The van der Waals surface area contributed by atoms with E-state index in [2.05, 4.69) is 10.4 Å². The molecule has 1 aromatic heterocycles.